The summed E-state index contributed by atoms with van der Waals surface area (Å²) in [6.07, 6.45) is 1.26. The molecule has 0 aliphatic carbocycles. The van der Waals surface area contributed by atoms with Gasteiger partial charge in [0, 0.05) is 39.0 Å². The summed E-state index contributed by atoms with van der Waals surface area (Å²) in [4.78, 5) is 29.4. The number of nitrogens with zero attached hydrogens (tertiary/aromatic N) is 2. The molecule has 8 nitrogen and oxygen atoms in total. The fraction of sp³-hybridized carbons (Fsp3) is 0.588. The number of nitrogens with one attached hydrogen (secondary N) is 2. The van der Waals surface area contributed by atoms with Crippen LogP contribution >= 0.6 is 24.8 Å². The number of hydrogen-bond acceptors (Lipinski definition) is 5. The molecule has 1 aliphatic heterocycles. The summed E-state index contributed by atoms with van der Waals surface area (Å²) < 4.78 is 6.97. The first-order valence-corrected chi connectivity index (χ1v) is 8.50. The number of carbonyl (C=O) groups excluding carboxylic acids is 1. The van der Waals surface area contributed by atoms with Gasteiger partial charge in [-0.2, -0.15) is 0 Å². The summed E-state index contributed by atoms with van der Waals surface area (Å²) in [6, 6.07) is 0. The van der Waals surface area contributed by atoms with Gasteiger partial charge in [-0.25, -0.2) is 4.98 Å². The van der Waals surface area contributed by atoms with E-state index >= 15 is 0 Å². The summed E-state index contributed by atoms with van der Waals surface area (Å²) in [5.41, 5.74) is 8.29. The lowest BCUT2D eigenvalue weighted by Gasteiger charge is -2.34. The second-order valence-electron chi connectivity index (χ2n) is 6.78. The van der Waals surface area contributed by atoms with Gasteiger partial charge in [0.05, 0.1) is 10.8 Å². The van der Waals surface area contributed by atoms with Crippen LogP contribution in [0.4, 0.5) is 0 Å². The average Bonchev–Trinajstić information content (AvgIpc) is 2.88. The predicted octanol–water partition coefficient (Wildman–Crippen LogP) is 1.09. The maximum Gasteiger partial charge on any atom is 0.273 e. The molecule has 4 N–H and O–H groups in total. The number of ether oxygens (including phenoxy) is 1. The summed E-state index contributed by atoms with van der Waals surface area (Å²) >= 11 is 0. The zero-order chi connectivity index (χ0) is 18.2. The van der Waals surface area contributed by atoms with Crippen LogP contribution in [0, 0.1) is 19.3 Å². The van der Waals surface area contributed by atoms with Gasteiger partial charge in [0.2, 0.25) is 5.91 Å². The number of fused-ring (bicyclic) bond motifs is 1. The highest BCUT2D eigenvalue weighted by atomic mass is 35.5. The highest BCUT2D eigenvalue weighted by Gasteiger charge is 2.38. The van der Waals surface area contributed by atoms with E-state index < -0.39 is 5.41 Å². The molecule has 0 unspecified atom stereocenters. The number of aromatic amines is 1. The molecule has 3 rings (SSSR count). The molecule has 1 aliphatic rings. The molecule has 1 saturated heterocycles. The van der Waals surface area contributed by atoms with Gasteiger partial charge < -0.3 is 15.8 Å². The number of H-pyrrole nitrogens is 1. The largest absolute Gasteiger partial charge is 0.381 e. The van der Waals surface area contributed by atoms with E-state index in [1.54, 1.807) is 11.7 Å². The third kappa shape index (κ3) is 4.13. The van der Waals surface area contributed by atoms with Crippen molar-refractivity contribution >= 4 is 41.8 Å². The molecule has 152 valence electrons. The fourth-order valence-electron chi connectivity index (χ4n) is 3.55. The van der Waals surface area contributed by atoms with E-state index in [9.17, 15) is 9.59 Å². The molecular weight excluding hydrogens is 393 g/mol. The quantitative estimate of drug-likeness (QED) is 0.685. The van der Waals surface area contributed by atoms with E-state index in [1.165, 1.54) is 0 Å². The van der Waals surface area contributed by atoms with Crippen LogP contribution in [0.15, 0.2) is 4.79 Å². The topological polar surface area (TPSA) is 115 Å². The first kappa shape index (κ1) is 23.4. The lowest BCUT2D eigenvalue weighted by atomic mass is 9.79. The second kappa shape index (κ2) is 9.05. The van der Waals surface area contributed by atoms with Crippen LogP contribution in [0.3, 0.4) is 0 Å². The van der Waals surface area contributed by atoms with E-state index in [0.29, 0.717) is 50.2 Å². The Morgan fingerprint density at radius 1 is 1.33 bits per heavy atom. The summed E-state index contributed by atoms with van der Waals surface area (Å²) in [5.74, 6) is -0.0563. The Bertz CT molecular complexity index is 872. The first-order valence-electron chi connectivity index (χ1n) is 8.50. The standard InChI is InChI=1S/C17H25N5O3.2ClH/c1-10-12(11(2)20-14-13(10)15(23)21-22(14)3)8-19-16(24)17(9-18)4-6-25-7-5-17;;/h4-9,18H2,1-3H3,(H,19,24)(H,21,23);2*1H. The maximum atomic E-state index is 12.7. The minimum absolute atomic E-state index is 0. The summed E-state index contributed by atoms with van der Waals surface area (Å²) in [7, 11) is 1.76. The zero-order valence-electron chi connectivity index (χ0n) is 15.8. The SMILES string of the molecule is Cc1nc2c(c(C)c1CNC(=O)C1(CN)CCOCC1)c(=O)[nH]n2C.Cl.Cl. The third-order valence-corrected chi connectivity index (χ3v) is 5.32. The fourth-order valence-corrected chi connectivity index (χ4v) is 3.55. The van der Waals surface area contributed by atoms with Crippen molar-refractivity contribution in [3.8, 4) is 0 Å². The van der Waals surface area contributed by atoms with Crippen LogP contribution in [0.5, 0.6) is 0 Å². The molecule has 0 saturated carbocycles. The number of nitrogens with two attached hydrogens (primary N) is 1. The van der Waals surface area contributed by atoms with E-state index in [4.69, 9.17) is 10.5 Å². The Balaban J connectivity index is 0.00000182. The van der Waals surface area contributed by atoms with Crippen LogP contribution in [-0.2, 0) is 23.1 Å². The van der Waals surface area contributed by atoms with Gasteiger partial charge >= 0.3 is 0 Å². The van der Waals surface area contributed by atoms with Crippen molar-refractivity contribution in [2.45, 2.75) is 33.2 Å². The molecule has 0 atom stereocenters. The number of rotatable bonds is 4. The van der Waals surface area contributed by atoms with Gasteiger partial charge in [0.15, 0.2) is 5.65 Å². The van der Waals surface area contributed by atoms with E-state index in [-0.39, 0.29) is 36.3 Å². The third-order valence-electron chi connectivity index (χ3n) is 5.32. The monoisotopic (exact) mass is 419 g/mol. The number of amides is 1. The van der Waals surface area contributed by atoms with Crippen LogP contribution < -0.4 is 16.6 Å². The van der Waals surface area contributed by atoms with Gasteiger partial charge in [0.1, 0.15) is 0 Å². The lowest BCUT2D eigenvalue weighted by molar-refractivity contribution is -0.136. The van der Waals surface area contributed by atoms with E-state index in [0.717, 1.165) is 16.8 Å². The number of pyridine rings is 1. The maximum absolute atomic E-state index is 12.7. The smallest absolute Gasteiger partial charge is 0.273 e. The van der Waals surface area contributed by atoms with E-state index in [2.05, 4.69) is 15.4 Å². The molecule has 1 fully saturated rings. The molecule has 27 heavy (non-hydrogen) atoms. The number of hydrogen-bond donors (Lipinski definition) is 3. The molecule has 1 amide bonds. The van der Waals surface area contributed by atoms with Gasteiger partial charge in [-0.05, 0) is 37.8 Å². The van der Waals surface area contributed by atoms with Crippen molar-refractivity contribution in [2.75, 3.05) is 19.8 Å². The Kier molecular flexibility index (Phi) is 7.86. The summed E-state index contributed by atoms with van der Waals surface area (Å²) in [5, 5.41) is 6.29. The van der Waals surface area contributed by atoms with E-state index in [1.807, 2.05) is 13.8 Å². The van der Waals surface area contributed by atoms with Gasteiger partial charge in [-0.1, -0.05) is 0 Å². The van der Waals surface area contributed by atoms with Gasteiger partial charge in [-0.3, -0.25) is 19.4 Å². The molecule has 2 aromatic heterocycles. The second-order valence-corrected chi connectivity index (χ2v) is 6.78. The van der Waals surface area contributed by atoms with Crippen molar-refractivity contribution in [3.05, 3.63) is 27.2 Å². The first-order chi connectivity index (χ1) is 11.9. The average molecular weight is 420 g/mol. The molecule has 3 heterocycles. The molecule has 10 heteroatoms. The molecule has 0 bridgehead atoms. The van der Waals surface area contributed by atoms with Crippen LogP contribution in [-0.4, -0.2) is 40.4 Å². The number of halogens is 2. The Morgan fingerprint density at radius 2 is 1.96 bits per heavy atom. The van der Waals surface area contributed by atoms with Crippen molar-refractivity contribution in [1.29, 1.82) is 0 Å². The molecule has 0 aromatic carbocycles. The Hall–Kier alpha value is -1.61. The zero-order valence-corrected chi connectivity index (χ0v) is 17.4. The Labute approximate surface area is 170 Å². The Morgan fingerprint density at radius 3 is 2.56 bits per heavy atom. The summed E-state index contributed by atoms with van der Waals surface area (Å²) in [6.45, 7) is 5.51. The number of aromatic nitrogens is 3. The van der Waals surface area contributed by atoms with Gasteiger partial charge in [-0.15, -0.1) is 24.8 Å². The number of aryl methyl sites for hydroxylation is 3. The molecule has 0 spiro atoms. The highest BCUT2D eigenvalue weighted by Crippen LogP contribution is 2.30. The van der Waals surface area contributed by atoms with Crippen molar-refractivity contribution < 1.29 is 9.53 Å². The van der Waals surface area contributed by atoms with Crippen molar-refractivity contribution in [2.24, 2.45) is 18.2 Å². The highest BCUT2D eigenvalue weighted by molar-refractivity contribution is 5.86. The minimum atomic E-state index is -0.568. The van der Waals surface area contributed by atoms with Crippen LogP contribution in [0.2, 0.25) is 0 Å². The van der Waals surface area contributed by atoms with Crippen LogP contribution in [0.25, 0.3) is 11.0 Å². The van der Waals surface area contributed by atoms with Crippen molar-refractivity contribution in [1.82, 2.24) is 20.1 Å². The van der Waals surface area contributed by atoms with Crippen molar-refractivity contribution in [3.63, 3.8) is 0 Å². The minimum Gasteiger partial charge on any atom is -0.381 e. The normalized spacial score (nSPS) is 15.7. The molecular formula is C17H27Cl2N5O3. The number of carbonyl (C=O) groups is 1. The molecule has 0 radical (unpaired) electrons. The van der Waals surface area contributed by atoms with Gasteiger partial charge in [0.25, 0.3) is 5.56 Å². The predicted molar refractivity (Wildman–Crippen MR) is 109 cm³/mol. The lowest BCUT2D eigenvalue weighted by Crippen LogP contribution is -2.49. The van der Waals surface area contributed by atoms with Crippen LogP contribution in [0.1, 0.15) is 29.7 Å². The molecule has 2 aromatic rings.